The number of fused-ring (bicyclic) bond motifs is 3. The zero-order chi connectivity index (χ0) is 20.9. The van der Waals surface area contributed by atoms with Crippen LogP contribution in [-0.4, -0.2) is 15.6 Å². The van der Waals surface area contributed by atoms with Crippen LogP contribution < -0.4 is 5.73 Å². The van der Waals surface area contributed by atoms with E-state index in [9.17, 15) is 23.1 Å². The summed E-state index contributed by atoms with van der Waals surface area (Å²) in [5, 5.41) is 11.5. The van der Waals surface area contributed by atoms with Crippen molar-refractivity contribution in [3.05, 3.63) is 76.9 Å². The number of phenolic OH excluding ortho intramolecular Hbond substituents is 1. The number of nitrogens with two attached hydrogens (primary N) is 1. The minimum Gasteiger partial charge on any atom is -0.507 e. The monoisotopic (exact) mass is 398 g/mol. The van der Waals surface area contributed by atoms with Crippen LogP contribution >= 0.6 is 0 Å². The maximum atomic E-state index is 13.1. The van der Waals surface area contributed by atoms with E-state index in [1.807, 2.05) is 6.07 Å². The number of benzene rings is 3. The van der Waals surface area contributed by atoms with Gasteiger partial charge in [0.1, 0.15) is 5.75 Å². The van der Waals surface area contributed by atoms with Gasteiger partial charge in [0.15, 0.2) is 0 Å². The standard InChI is InChI=1S/C22H17F3N2O2/c1-12-8-17-20(18(28)9-12)19-15(21(26)29)6-3-7-16(19)27(17)11-13-4-2-5-14(10-13)22(23,24)25/h2-10,28H,11H2,1H3,(H2,26,29). The number of phenols is 1. The first-order valence-electron chi connectivity index (χ1n) is 8.87. The number of alkyl halides is 3. The third-order valence-corrected chi connectivity index (χ3v) is 4.98. The van der Waals surface area contributed by atoms with Crippen molar-refractivity contribution in [3.63, 3.8) is 0 Å². The van der Waals surface area contributed by atoms with Crippen LogP contribution in [0.5, 0.6) is 5.75 Å². The van der Waals surface area contributed by atoms with Crippen molar-refractivity contribution >= 4 is 27.7 Å². The molecule has 0 saturated heterocycles. The fourth-order valence-electron chi connectivity index (χ4n) is 3.78. The highest BCUT2D eigenvalue weighted by Crippen LogP contribution is 2.38. The van der Waals surface area contributed by atoms with E-state index in [0.717, 1.165) is 17.7 Å². The van der Waals surface area contributed by atoms with E-state index in [1.54, 1.807) is 41.8 Å². The van der Waals surface area contributed by atoms with Crippen LogP contribution in [0.25, 0.3) is 21.8 Å². The molecule has 0 aliphatic carbocycles. The molecule has 7 heteroatoms. The molecule has 0 bridgehead atoms. The maximum absolute atomic E-state index is 13.1. The maximum Gasteiger partial charge on any atom is 0.416 e. The number of aryl methyl sites for hydroxylation is 1. The smallest absolute Gasteiger partial charge is 0.416 e. The Morgan fingerprint density at radius 2 is 1.76 bits per heavy atom. The molecule has 0 fully saturated rings. The number of aromatic hydroxyl groups is 1. The van der Waals surface area contributed by atoms with Crippen molar-refractivity contribution in [1.29, 1.82) is 0 Å². The van der Waals surface area contributed by atoms with Crippen LogP contribution in [0.2, 0.25) is 0 Å². The zero-order valence-corrected chi connectivity index (χ0v) is 15.4. The molecule has 0 atom stereocenters. The van der Waals surface area contributed by atoms with Gasteiger partial charge in [-0.1, -0.05) is 18.2 Å². The Labute approximate surface area is 164 Å². The van der Waals surface area contributed by atoms with Gasteiger partial charge in [-0.3, -0.25) is 4.79 Å². The van der Waals surface area contributed by atoms with Crippen LogP contribution in [0.15, 0.2) is 54.6 Å². The van der Waals surface area contributed by atoms with Gasteiger partial charge >= 0.3 is 6.18 Å². The molecule has 0 unspecified atom stereocenters. The van der Waals surface area contributed by atoms with Crippen LogP contribution in [0.4, 0.5) is 13.2 Å². The molecule has 4 rings (SSSR count). The summed E-state index contributed by atoms with van der Waals surface area (Å²) in [4.78, 5) is 12.0. The summed E-state index contributed by atoms with van der Waals surface area (Å²) < 4.78 is 41.1. The van der Waals surface area contributed by atoms with E-state index in [2.05, 4.69) is 0 Å². The van der Waals surface area contributed by atoms with Crippen molar-refractivity contribution in [1.82, 2.24) is 4.57 Å². The zero-order valence-electron chi connectivity index (χ0n) is 15.4. The first kappa shape index (κ1) is 18.9. The Morgan fingerprint density at radius 3 is 2.45 bits per heavy atom. The molecule has 1 aromatic heterocycles. The van der Waals surface area contributed by atoms with Crippen molar-refractivity contribution in [2.75, 3.05) is 0 Å². The molecule has 0 saturated carbocycles. The third kappa shape index (κ3) is 3.18. The molecule has 29 heavy (non-hydrogen) atoms. The summed E-state index contributed by atoms with van der Waals surface area (Å²) in [5.41, 5.74) is 7.49. The lowest BCUT2D eigenvalue weighted by Crippen LogP contribution is -2.11. The Hall–Kier alpha value is -3.48. The lowest BCUT2D eigenvalue weighted by molar-refractivity contribution is -0.137. The second-order valence-electron chi connectivity index (χ2n) is 7.03. The fourth-order valence-corrected chi connectivity index (χ4v) is 3.78. The lowest BCUT2D eigenvalue weighted by Gasteiger charge is -2.11. The number of carbonyl (C=O) groups is 1. The molecule has 0 aliphatic rings. The van der Waals surface area contributed by atoms with Gasteiger partial charge in [-0.2, -0.15) is 13.2 Å². The average Bonchev–Trinajstić information content (AvgIpc) is 2.95. The number of halogens is 3. The molecule has 1 heterocycles. The number of amides is 1. The molecule has 4 aromatic rings. The van der Waals surface area contributed by atoms with Crippen molar-refractivity contribution in [2.45, 2.75) is 19.6 Å². The lowest BCUT2D eigenvalue weighted by atomic mass is 10.0. The Morgan fingerprint density at radius 1 is 1.03 bits per heavy atom. The minimum absolute atomic E-state index is 0.0125. The predicted octanol–water partition coefficient (Wildman–Crippen LogP) is 4.97. The number of carbonyl (C=O) groups excluding carboxylic acids is 1. The van der Waals surface area contributed by atoms with E-state index in [4.69, 9.17) is 5.73 Å². The number of hydrogen-bond acceptors (Lipinski definition) is 2. The first-order valence-corrected chi connectivity index (χ1v) is 8.87. The van der Waals surface area contributed by atoms with Gasteiger partial charge in [0.2, 0.25) is 5.91 Å². The Kier molecular flexibility index (Phi) is 4.26. The van der Waals surface area contributed by atoms with Gasteiger partial charge in [-0.15, -0.1) is 0 Å². The fraction of sp³-hybridized carbons (Fsp3) is 0.136. The normalized spacial score (nSPS) is 12.0. The van der Waals surface area contributed by atoms with Gasteiger partial charge in [0.05, 0.1) is 22.0 Å². The first-order chi connectivity index (χ1) is 13.7. The highest BCUT2D eigenvalue weighted by atomic mass is 19.4. The SMILES string of the molecule is Cc1cc(O)c2c3c(C(N)=O)cccc3n(Cc3cccc(C(F)(F)F)c3)c2c1. The third-order valence-electron chi connectivity index (χ3n) is 4.98. The van der Waals surface area contributed by atoms with E-state index < -0.39 is 17.6 Å². The van der Waals surface area contributed by atoms with Crippen LogP contribution in [0, 0.1) is 6.92 Å². The summed E-state index contributed by atoms with van der Waals surface area (Å²) in [6.07, 6.45) is -4.44. The average molecular weight is 398 g/mol. The molecule has 4 nitrogen and oxygen atoms in total. The molecular weight excluding hydrogens is 381 g/mol. The molecular formula is C22H17F3N2O2. The van der Waals surface area contributed by atoms with E-state index in [1.165, 1.54) is 6.07 Å². The van der Waals surface area contributed by atoms with Gasteiger partial charge < -0.3 is 15.4 Å². The van der Waals surface area contributed by atoms with Crippen molar-refractivity contribution in [2.24, 2.45) is 5.73 Å². The summed E-state index contributed by atoms with van der Waals surface area (Å²) in [6, 6.07) is 13.5. The van der Waals surface area contributed by atoms with Crippen LogP contribution in [0.3, 0.4) is 0 Å². The number of primary amides is 1. The minimum atomic E-state index is -4.44. The Balaban J connectivity index is 2.02. The summed E-state index contributed by atoms with van der Waals surface area (Å²) >= 11 is 0. The number of rotatable bonds is 3. The summed E-state index contributed by atoms with van der Waals surface area (Å²) in [7, 11) is 0. The van der Waals surface area contributed by atoms with Crippen molar-refractivity contribution in [3.8, 4) is 5.75 Å². The topological polar surface area (TPSA) is 68.2 Å². The van der Waals surface area contributed by atoms with Crippen LogP contribution in [-0.2, 0) is 12.7 Å². The number of hydrogen-bond donors (Lipinski definition) is 2. The van der Waals surface area contributed by atoms with Crippen LogP contribution in [0.1, 0.15) is 27.0 Å². The van der Waals surface area contributed by atoms with E-state index in [0.29, 0.717) is 27.4 Å². The number of nitrogens with zero attached hydrogens (tertiary/aromatic N) is 1. The predicted molar refractivity (Wildman–Crippen MR) is 105 cm³/mol. The van der Waals surface area contributed by atoms with Gasteiger partial charge in [-0.25, -0.2) is 0 Å². The van der Waals surface area contributed by atoms with Gasteiger partial charge in [0.25, 0.3) is 0 Å². The highest BCUT2D eigenvalue weighted by Gasteiger charge is 2.30. The second-order valence-corrected chi connectivity index (χ2v) is 7.03. The molecule has 3 N–H and O–H groups in total. The quantitative estimate of drug-likeness (QED) is 0.511. The molecule has 3 aromatic carbocycles. The van der Waals surface area contributed by atoms with E-state index >= 15 is 0 Å². The molecule has 0 radical (unpaired) electrons. The second kappa shape index (κ2) is 6.55. The van der Waals surface area contributed by atoms with Gasteiger partial charge in [0, 0.05) is 17.5 Å². The largest absolute Gasteiger partial charge is 0.507 e. The molecule has 0 aliphatic heterocycles. The summed E-state index contributed by atoms with van der Waals surface area (Å²) in [5.74, 6) is -0.657. The molecule has 0 spiro atoms. The van der Waals surface area contributed by atoms with Gasteiger partial charge in [-0.05, 0) is 54.4 Å². The highest BCUT2D eigenvalue weighted by molar-refractivity contribution is 6.19. The summed E-state index contributed by atoms with van der Waals surface area (Å²) in [6.45, 7) is 1.94. The van der Waals surface area contributed by atoms with E-state index in [-0.39, 0.29) is 17.9 Å². The molecule has 1 amide bonds. The van der Waals surface area contributed by atoms with Crippen molar-refractivity contribution < 1.29 is 23.1 Å². The Bertz CT molecular complexity index is 1270. The molecule has 148 valence electrons. The number of aromatic nitrogens is 1.